The molecule has 0 aliphatic rings. The van der Waals surface area contributed by atoms with Crippen LogP contribution in [0.15, 0.2) is 71.8 Å². The highest BCUT2D eigenvalue weighted by Gasteiger charge is 1.97. The molecule has 1 rings (SSSR count). The summed E-state index contributed by atoms with van der Waals surface area (Å²) in [5, 5.41) is 0. The third kappa shape index (κ3) is 7.29. The van der Waals surface area contributed by atoms with E-state index >= 15 is 0 Å². The second kappa shape index (κ2) is 10.7. The van der Waals surface area contributed by atoms with Gasteiger partial charge in [-0.3, -0.25) is 0 Å². The van der Waals surface area contributed by atoms with Crippen molar-refractivity contribution in [1.29, 1.82) is 0 Å². The molecule has 0 unspecified atom stereocenters. The molecule has 0 N–H and O–H groups in total. The Morgan fingerprint density at radius 1 is 1.29 bits per heavy atom. The van der Waals surface area contributed by atoms with Gasteiger partial charge in [0.2, 0.25) is 0 Å². The van der Waals surface area contributed by atoms with Gasteiger partial charge in [-0.25, -0.2) is 4.99 Å². The Balaban J connectivity index is 2.67. The summed E-state index contributed by atoms with van der Waals surface area (Å²) in [6.07, 6.45) is 11.1. The standard InChI is InChI=1S/C20H25N/c1-4-6-13-20(19-14-8-7-9-15-19)17-21-16-10-12-18(3)11-5-2/h4-9,11,14-15H,2,10,12-13,16H2,1,3H3/b6-4-,18-11-. The molecular formula is C20H25N. The minimum atomic E-state index is 0.814. The summed E-state index contributed by atoms with van der Waals surface area (Å²) in [5.74, 6) is 3.23. The first-order chi connectivity index (χ1) is 10.3. The van der Waals surface area contributed by atoms with Crippen LogP contribution in [-0.4, -0.2) is 12.4 Å². The Morgan fingerprint density at radius 2 is 2.05 bits per heavy atom. The smallest absolute Gasteiger partial charge is 0.0487 e. The fourth-order valence-corrected chi connectivity index (χ4v) is 1.98. The molecule has 1 heteroatoms. The van der Waals surface area contributed by atoms with Crippen molar-refractivity contribution in [2.75, 3.05) is 6.54 Å². The van der Waals surface area contributed by atoms with E-state index in [1.54, 1.807) is 0 Å². The molecule has 0 heterocycles. The van der Waals surface area contributed by atoms with Crippen LogP contribution in [0.4, 0.5) is 0 Å². The van der Waals surface area contributed by atoms with Gasteiger partial charge in [-0.2, -0.15) is 0 Å². The molecule has 1 nitrogen and oxygen atoms in total. The second-order valence-corrected chi connectivity index (χ2v) is 4.96. The maximum absolute atomic E-state index is 4.46. The average Bonchev–Trinajstić information content (AvgIpc) is 2.51. The van der Waals surface area contributed by atoms with Gasteiger partial charge in [-0.1, -0.05) is 66.8 Å². The zero-order valence-electron chi connectivity index (χ0n) is 13.2. The van der Waals surface area contributed by atoms with Gasteiger partial charge in [-0.05, 0) is 44.5 Å². The van der Waals surface area contributed by atoms with E-state index in [2.05, 4.69) is 66.9 Å². The molecule has 110 valence electrons. The van der Waals surface area contributed by atoms with Crippen LogP contribution in [-0.2, 0) is 0 Å². The first kappa shape index (κ1) is 16.9. The number of nitrogens with zero attached hydrogens (tertiary/aromatic N) is 1. The van der Waals surface area contributed by atoms with E-state index in [1.165, 1.54) is 11.1 Å². The molecule has 0 atom stereocenters. The number of hydrogen-bond donors (Lipinski definition) is 0. The van der Waals surface area contributed by atoms with E-state index in [0.29, 0.717) is 0 Å². The number of allylic oxidation sites excluding steroid dienone is 6. The lowest BCUT2D eigenvalue weighted by molar-refractivity contribution is 0.827. The average molecular weight is 279 g/mol. The molecule has 0 aliphatic carbocycles. The van der Waals surface area contributed by atoms with Gasteiger partial charge in [0, 0.05) is 12.1 Å². The molecule has 0 radical (unpaired) electrons. The monoisotopic (exact) mass is 279 g/mol. The van der Waals surface area contributed by atoms with Crippen LogP contribution >= 0.6 is 0 Å². The summed E-state index contributed by atoms with van der Waals surface area (Å²) in [5.41, 5.74) is 3.69. The molecule has 0 spiro atoms. The topological polar surface area (TPSA) is 12.4 Å². The summed E-state index contributed by atoms with van der Waals surface area (Å²) in [6, 6.07) is 10.4. The van der Waals surface area contributed by atoms with Crippen LogP contribution < -0.4 is 0 Å². The van der Waals surface area contributed by atoms with Gasteiger partial charge >= 0.3 is 0 Å². The first-order valence-electron chi connectivity index (χ1n) is 7.51. The SMILES string of the molecule is C=C/C=C(/C)CCCN=C=C(C/C=C\C)c1ccccc1. The van der Waals surface area contributed by atoms with Crippen LogP contribution in [0, 0.1) is 0 Å². The van der Waals surface area contributed by atoms with Crippen molar-refractivity contribution < 1.29 is 0 Å². The highest BCUT2D eigenvalue weighted by Crippen LogP contribution is 2.15. The van der Waals surface area contributed by atoms with Crippen LogP contribution in [0.2, 0.25) is 0 Å². The fourth-order valence-electron chi connectivity index (χ4n) is 1.98. The van der Waals surface area contributed by atoms with Crippen molar-refractivity contribution in [1.82, 2.24) is 0 Å². The molecule has 0 saturated carbocycles. The summed E-state index contributed by atoms with van der Waals surface area (Å²) in [4.78, 5) is 4.46. The molecule has 0 amide bonds. The third-order valence-corrected chi connectivity index (χ3v) is 3.14. The van der Waals surface area contributed by atoms with Gasteiger partial charge in [0.25, 0.3) is 0 Å². The third-order valence-electron chi connectivity index (χ3n) is 3.14. The van der Waals surface area contributed by atoms with Gasteiger partial charge < -0.3 is 0 Å². The normalized spacial score (nSPS) is 11.2. The molecular weight excluding hydrogens is 254 g/mol. The second-order valence-electron chi connectivity index (χ2n) is 4.96. The van der Waals surface area contributed by atoms with Crippen LogP contribution in [0.1, 0.15) is 38.7 Å². The van der Waals surface area contributed by atoms with Crippen molar-refractivity contribution in [3.63, 3.8) is 0 Å². The van der Waals surface area contributed by atoms with Crippen molar-refractivity contribution >= 4 is 11.4 Å². The van der Waals surface area contributed by atoms with Crippen molar-refractivity contribution in [2.45, 2.75) is 33.1 Å². The van der Waals surface area contributed by atoms with E-state index in [-0.39, 0.29) is 0 Å². The van der Waals surface area contributed by atoms with E-state index in [1.807, 2.05) is 19.1 Å². The highest BCUT2D eigenvalue weighted by molar-refractivity contribution is 5.90. The summed E-state index contributed by atoms with van der Waals surface area (Å²) in [6.45, 7) is 8.69. The molecule has 0 aromatic heterocycles. The van der Waals surface area contributed by atoms with E-state index in [0.717, 1.165) is 31.4 Å². The van der Waals surface area contributed by atoms with Crippen LogP contribution in [0.5, 0.6) is 0 Å². The highest BCUT2D eigenvalue weighted by atomic mass is 14.7. The minimum absolute atomic E-state index is 0.814. The number of aliphatic imine (C=N–C) groups is 1. The predicted octanol–water partition coefficient (Wildman–Crippen LogP) is 5.62. The maximum Gasteiger partial charge on any atom is 0.0487 e. The molecule has 1 aromatic rings. The molecule has 0 fully saturated rings. The molecule has 0 aliphatic heterocycles. The Hall–Kier alpha value is -2.11. The quantitative estimate of drug-likeness (QED) is 0.253. The van der Waals surface area contributed by atoms with E-state index < -0.39 is 0 Å². The Bertz CT molecular complexity index is 540. The number of benzene rings is 1. The van der Waals surface area contributed by atoms with Gasteiger partial charge in [0.15, 0.2) is 0 Å². The van der Waals surface area contributed by atoms with Crippen molar-refractivity contribution in [2.24, 2.45) is 4.99 Å². The molecule has 21 heavy (non-hydrogen) atoms. The van der Waals surface area contributed by atoms with Crippen LogP contribution in [0.3, 0.4) is 0 Å². The number of rotatable bonds is 8. The minimum Gasteiger partial charge on any atom is -0.243 e. The lowest BCUT2D eigenvalue weighted by Crippen LogP contribution is -1.86. The van der Waals surface area contributed by atoms with E-state index in [4.69, 9.17) is 0 Å². The van der Waals surface area contributed by atoms with Crippen LogP contribution in [0.25, 0.3) is 5.57 Å². The Morgan fingerprint density at radius 3 is 2.71 bits per heavy atom. The van der Waals surface area contributed by atoms with Crippen molar-refractivity contribution in [3.05, 3.63) is 72.4 Å². The Labute approximate surface area is 129 Å². The van der Waals surface area contributed by atoms with Gasteiger partial charge in [-0.15, -0.1) is 0 Å². The summed E-state index contributed by atoms with van der Waals surface area (Å²) >= 11 is 0. The fraction of sp³-hybridized carbons (Fsp3) is 0.300. The first-order valence-corrected chi connectivity index (χ1v) is 7.51. The lowest BCUT2D eigenvalue weighted by Gasteiger charge is -2.01. The number of hydrogen-bond acceptors (Lipinski definition) is 1. The molecule has 0 saturated heterocycles. The van der Waals surface area contributed by atoms with E-state index in [9.17, 15) is 0 Å². The Kier molecular flexibility index (Phi) is 8.59. The zero-order chi connectivity index (χ0) is 15.3. The summed E-state index contributed by atoms with van der Waals surface area (Å²) in [7, 11) is 0. The predicted molar refractivity (Wildman–Crippen MR) is 94.8 cm³/mol. The largest absolute Gasteiger partial charge is 0.243 e. The van der Waals surface area contributed by atoms with Gasteiger partial charge in [0.1, 0.15) is 0 Å². The summed E-state index contributed by atoms with van der Waals surface area (Å²) < 4.78 is 0. The zero-order valence-corrected chi connectivity index (χ0v) is 13.2. The molecule has 0 bridgehead atoms. The van der Waals surface area contributed by atoms with Gasteiger partial charge in [0.05, 0.1) is 0 Å². The van der Waals surface area contributed by atoms with Crippen molar-refractivity contribution in [3.8, 4) is 0 Å². The lowest BCUT2D eigenvalue weighted by atomic mass is 10.0. The maximum atomic E-state index is 4.46. The molecule has 1 aromatic carbocycles.